The summed E-state index contributed by atoms with van der Waals surface area (Å²) in [4.78, 5) is 23.2. The summed E-state index contributed by atoms with van der Waals surface area (Å²) in [6, 6.07) is 13.3. The van der Waals surface area contributed by atoms with Gasteiger partial charge >= 0.3 is 0 Å². The number of carbonyl (C=O) groups excluding carboxylic acids is 2. The van der Waals surface area contributed by atoms with Gasteiger partial charge in [-0.2, -0.15) is 0 Å². The summed E-state index contributed by atoms with van der Waals surface area (Å²) in [7, 11) is 1.60. The second kappa shape index (κ2) is 8.08. The Kier molecular flexibility index (Phi) is 5.86. The van der Waals surface area contributed by atoms with E-state index in [1.54, 1.807) is 31.3 Å². The van der Waals surface area contributed by atoms with E-state index in [-0.39, 0.29) is 17.6 Å². The van der Waals surface area contributed by atoms with Crippen LogP contribution in [0.15, 0.2) is 48.5 Å². The van der Waals surface area contributed by atoms with Crippen LogP contribution in [-0.2, 0) is 22.4 Å². The van der Waals surface area contributed by atoms with Crippen molar-refractivity contribution in [2.24, 2.45) is 0 Å². The molecule has 4 nitrogen and oxygen atoms in total. The average Bonchev–Trinajstić information content (AvgIpc) is 2.56. The van der Waals surface area contributed by atoms with Gasteiger partial charge in [-0.1, -0.05) is 24.3 Å². The molecule has 2 amide bonds. The highest BCUT2D eigenvalue weighted by atomic mass is 19.1. The summed E-state index contributed by atoms with van der Waals surface area (Å²) in [5.74, 6) is -0.440. The molecule has 120 valence electrons. The number of anilines is 1. The molecule has 0 saturated carbocycles. The van der Waals surface area contributed by atoms with Crippen molar-refractivity contribution in [2.75, 3.05) is 12.4 Å². The van der Waals surface area contributed by atoms with Gasteiger partial charge in [0.05, 0.1) is 6.42 Å². The highest BCUT2D eigenvalue weighted by Gasteiger charge is 2.05. The van der Waals surface area contributed by atoms with E-state index in [1.807, 2.05) is 12.1 Å². The van der Waals surface area contributed by atoms with Gasteiger partial charge < -0.3 is 10.6 Å². The number of rotatable bonds is 6. The fourth-order valence-electron chi connectivity index (χ4n) is 2.11. The van der Waals surface area contributed by atoms with Crippen LogP contribution in [0, 0.1) is 5.82 Å². The molecule has 2 N–H and O–H groups in total. The zero-order chi connectivity index (χ0) is 16.7. The largest absolute Gasteiger partial charge is 0.359 e. The third-order valence-electron chi connectivity index (χ3n) is 3.44. The number of hydrogen-bond acceptors (Lipinski definition) is 2. The molecule has 0 spiro atoms. The molecule has 0 aliphatic carbocycles. The predicted molar refractivity (Wildman–Crippen MR) is 87.6 cm³/mol. The van der Waals surface area contributed by atoms with E-state index < -0.39 is 0 Å². The van der Waals surface area contributed by atoms with Crippen molar-refractivity contribution in [3.05, 3.63) is 65.5 Å². The van der Waals surface area contributed by atoms with Crippen molar-refractivity contribution in [1.29, 1.82) is 0 Å². The Bertz CT molecular complexity index is 666. The van der Waals surface area contributed by atoms with Gasteiger partial charge in [-0.25, -0.2) is 4.39 Å². The number of carbonyl (C=O) groups is 2. The van der Waals surface area contributed by atoms with Gasteiger partial charge in [-0.3, -0.25) is 9.59 Å². The lowest BCUT2D eigenvalue weighted by Crippen LogP contribution is -2.19. The second-order valence-electron chi connectivity index (χ2n) is 5.22. The first kappa shape index (κ1) is 16.7. The molecule has 0 unspecified atom stereocenters. The predicted octanol–water partition coefficient (Wildman–Crippen LogP) is 2.69. The summed E-state index contributed by atoms with van der Waals surface area (Å²) in [6.07, 6.45) is 1.20. The molecule has 0 aliphatic heterocycles. The van der Waals surface area contributed by atoms with Crippen molar-refractivity contribution < 1.29 is 14.0 Å². The Morgan fingerprint density at radius 2 is 1.52 bits per heavy atom. The van der Waals surface area contributed by atoms with Crippen molar-refractivity contribution >= 4 is 17.5 Å². The third-order valence-corrected chi connectivity index (χ3v) is 3.44. The molecule has 0 bridgehead atoms. The summed E-state index contributed by atoms with van der Waals surface area (Å²) >= 11 is 0. The highest BCUT2D eigenvalue weighted by Crippen LogP contribution is 2.11. The number of aryl methyl sites for hydroxylation is 1. The zero-order valence-corrected chi connectivity index (χ0v) is 12.9. The normalized spacial score (nSPS) is 10.2. The van der Waals surface area contributed by atoms with Gasteiger partial charge in [0.2, 0.25) is 11.8 Å². The smallest absolute Gasteiger partial charge is 0.224 e. The molecule has 0 fully saturated rings. The van der Waals surface area contributed by atoms with Crippen LogP contribution in [0.5, 0.6) is 0 Å². The highest BCUT2D eigenvalue weighted by molar-refractivity contribution is 5.90. The van der Waals surface area contributed by atoms with Crippen molar-refractivity contribution in [3.8, 4) is 0 Å². The van der Waals surface area contributed by atoms with Crippen LogP contribution in [0.4, 0.5) is 10.1 Å². The van der Waals surface area contributed by atoms with E-state index in [0.717, 1.165) is 11.1 Å². The van der Waals surface area contributed by atoms with Gasteiger partial charge in [-0.05, 0) is 41.8 Å². The first-order valence-electron chi connectivity index (χ1n) is 7.40. The number of nitrogens with one attached hydrogen (secondary N) is 2. The Balaban J connectivity index is 1.82. The van der Waals surface area contributed by atoms with E-state index in [4.69, 9.17) is 0 Å². The maximum absolute atomic E-state index is 12.8. The maximum atomic E-state index is 12.8. The van der Waals surface area contributed by atoms with Crippen LogP contribution in [-0.4, -0.2) is 18.9 Å². The van der Waals surface area contributed by atoms with Crippen molar-refractivity contribution in [1.82, 2.24) is 5.32 Å². The average molecular weight is 314 g/mol. The van der Waals surface area contributed by atoms with Crippen molar-refractivity contribution in [3.63, 3.8) is 0 Å². The van der Waals surface area contributed by atoms with Crippen LogP contribution in [0.1, 0.15) is 17.5 Å². The lowest BCUT2D eigenvalue weighted by molar-refractivity contribution is -0.120. The standard InChI is InChI=1S/C18H19FN2O2/c1-20-18(23)12-14-4-9-16(10-5-14)21-17(22)11-6-13-2-7-15(19)8-3-13/h2-5,7-10H,6,11-12H2,1H3,(H,20,23)(H,21,22). The van der Waals surface area contributed by atoms with Gasteiger partial charge in [0, 0.05) is 19.2 Å². The molecule has 0 aliphatic rings. The molecule has 0 atom stereocenters. The molecule has 5 heteroatoms. The van der Waals surface area contributed by atoms with Crippen LogP contribution >= 0.6 is 0 Å². The minimum absolute atomic E-state index is 0.0546. The van der Waals surface area contributed by atoms with Crippen LogP contribution in [0.3, 0.4) is 0 Å². The topological polar surface area (TPSA) is 58.2 Å². The Morgan fingerprint density at radius 1 is 0.913 bits per heavy atom. The summed E-state index contributed by atoms with van der Waals surface area (Å²) in [5, 5.41) is 5.37. The molecule has 0 saturated heterocycles. The summed E-state index contributed by atoms with van der Waals surface area (Å²) in [6.45, 7) is 0. The summed E-state index contributed by atoms with van der Waals surface area (Å²) in [5.41, 5.74) is 2.49. The number of benzene rings is 2. The molecular weight excluding hydrogens is 295 g/mol. The SMILES string of the molecule is CNC(=O)Cc1ccc(NC(=O)CCc2ccc(F)cc2)cc1. The van der Waals surface area contributed by atoms with E-state index in [0.29, 0.717) is 24.9 Å². The molecule has 2 rings (SSSR count). The van der Waals surface area contributed by atoms with E-state index in [9.17, 15) is 14.0 Å². The number of amides is 2. The molecule has 0 heterocycles. The van der Waals surface area contributed by atoms with Gasteiger partial charge in [0.1, 0.15) is 5.82 Å². The Morgan fingerprint density at radius 3 is 2.13 bits per heavy atom. The second-order valence-corrected chi connectivity index (χ2v) is 5.22. The Hall–Kier alpha value is -2.69. The van der Waals surface area contributed by atoms with Crippen LogP contribution < -0.4 is 10.6 Å². The van der Waals surface area contributed by atoms with Gasteiger partial charge in [0.25, 0.3) is 0 Å². The lowest BCUT2D eigenvalue weighted by Gasteiger charge is -2.07. The quantitative estimate of drug-likeness (QED) is 0.861. The maximum Gasteiger partial charge on any atom is 0.224 e. The molecular formula is C18H19FN2O2. The molecule has 23 heavy (non-hydrogen) atoms. The molecule has 2 aromatic carbocycles. The molecule has 0 aromatic heterocycles. The van der Waals surface area contributed by atoms with Crippen LogP contribution in [0.2, 0.25) is 0 Å². The molecule has 2 aromatic rings. The Labute approximate surface area is 134 Å². The lowest BCUT2D eigenvalue weighted by atomic mass is 10.1. The van der Waals surface area contributed by atoms with E-state index in [2.05, 4.69) is 10.6 Å². The van der Waals surface area contributed by atoms with Crippen LogP contribution in [0.25, 0.3) is 0 Å². The number of likely N-dealkylation sites (N-methyl/N-ethyl adjacent to an activating group) is 1. The molecule has 0 radical (unpaired) electrons. The van der Waals surface area contributed by atoms with Gasteiger partial charge in [-0.15, -0.1) is 0 Å². The first-order valence-corrected chi connectivity index (χ1v) is 7.40. The monoisotopic (exact) mass is 314 g/mol. The van der Waals surface area contributed by atoms with E-state index >= 15 is 0 Å². The number of halogens is 1. The minimum atomic E-state index is -0.282. The number of hydrogen-bond donors (Lipinski definition) is 2. The fourth-order valence-corrected chi connectivity index (χ4v) is 2.11. The zero-order valence-electron chi connectivity index (χ0n) is 12.9. The van der Waals surface area contributed by atoms with E-state index in [1.165, 1.54) is 12.1 Å². The van der Waals surface area contributed by atoms with Crippen molar-refractivity contribution in [2.45, 2.75) is 19.3 Å². The third kappa shape index (κ3) is 5.54. The minimum Gasteiger partial charge on any atom is -0.359 e. The fraction of sp³-hybridized carbons (Fsp3) is 0.222. The first-order chi connectivity index (χ1) is 11.1. The summed E-state index contributed by atoms with van der Waals surface area (Å²) < 4.78 is 12.8. The van der Waals surface area contributed by atoms with Gasteiger partial charge in [0.15, 0.2) is 0 Å².